The number of imidazole rings is 1. The number of halogens is 1. The van der Waals surface area contributed by atoms with E-state index in [-0.39, 0.29) is 23.0 Å². The molecule has 29 heavy (non-hydrogen) atoms. The molecule has 160 valence electrons. The second-order valence-electron chi connectivity index (χ2n) is 8.41. The number of anilines is 1. The number of hydrogen-bond acceptors (Lipinski definition) is 6. The van der Waals surface area contributed by atoms with E-state index in [0.717, 1.165) is 19.4 Å². The normalized spacial score (nSPS) is 17.6. The van der Waals surface area contributed by atoms with Crippen molar-refractivity contribution in [1.82, 2.24) is 24.0 Å². The molecule has 0 bridgehead atoms. The van der Waals surface area contributed by atoms with E-state index < -0.39 is 5.60 Å². The quantitative estimate of drug-likeness (QED) is 0.704. The molecule has 1 aliphatic heterocycles. The van der Waals surface area contributed by atoms with Crippen molar-refractivity contribution in [3.63, 3.8) is 0 Å². The van der Waals surface area contributed by atoms with Gasteiger partial charge in [0.2, 0.25) is 11.2 Å². The molecule has 0 spiro atoms. The molecule has 1 saturated heterocycles. The van der Waals surface area contributed by atoms with Crippen LogP contribution in [0.5, 0.6) is 0 Å². The largest absolute Gasteiger partial charge is 0.444 e. The molecule has 0 aliphatic carbocycles. The lowest BCUT2D eigenvalue weighted by atomic mass is 10.1. The lowest BCUT2D eigenvalue weighted by molar-refractivity contribution is 0.0209. The fourth-order valence-electron chi connectivity index (χ4n) is 3.60. The van der Waals surface area contributed by atoms with Crippen molar-refractivity contribution in [2.24, 2.45) is 7.05 Å². The van der Waals surface area contributed by atoms with Crippen LogP contribution in [0.15, 0.2) is 4.79 Å². The first-order chi connectivity index (χ1) is 13.5. The Labute approximate surface area is 175 Å². The predicted molar refractivity (Wildman–Crippen MR) is 113 cm³/mol. The van der Waals surface area contributed by atoms with Crippen LogP contribution < -0.4 is 10.5 Å². The van der Waals surface area contributed by atoms with Crippen molar-refractivity contribution >= 4 is 34.8 Å². The molecule has 1 atom stereocenters. The van der Waals surface area contributed by atoms with Crippen molar-refractivity contribution in [1.29, 1.82) is 0 Å². The Kier molecular flexibility index (Phi) is 5.80. The van der Waals surface area contributed by atoms with Crippen LogP contribution in [0.4, 0.5) is 10.7 Å². The van der Waals surface area contributed by atoms with Gasteiger partial charge in [-0.1, -0.05) is 0 Å². The molecule has 0 aromatic carbocycles. The first-order valence-electron chi connectivity index (χ1n) is 9.87. The van der Waals surface area contributed by atoms with Crippen LogP contribution in [0.2, 0.25) is 5.28 Å². The summed E-state index contributed by atoms with van der Waals surface area (Å²) in [5.74, 6) is 0.677. The average Bonchev–Trinajstić information content (AvgIpc) is 3.02. The van der Waals surface area contributed by atoms with Gasteiger partial charge in [0.1, 0.15) is 5.60 Å². The van der Waals surface area contributed by atoms with E-state index >= 15 is 0 Å². The average molecular weight is 425 g/mol. The lowest BCUT2D eigenvalue weighted by Crippen LogP contribution is -2.50. The van der Waals surface area contributed by atoms with Crippen molar-refractivity contribution in [2.75, 3.05) is 25.0 Å². The zero-order valence-electron chi connectivity index (χ0n) is 17.9. The van der Waals surface area contributed by atoms with Crippen molar-refractivity contribution in [3.8, 4) is 0 Å². The molecule has 0 radical (unpaired) electrons. The molecule has 10 heteroatoms. The highest BCUT2D eigenvalue weighted by Gasteiger charge is 2.31. The van der Waals surface area contributed by atoms with Crippen LogP contribution in [-0.2, 0) is 18.3 Å². The molecule has 2 aromatic rings. The number of rotatable bonds is 3. The van der Waals surface area contributed by atoms with E-state index in [2.05, 4.69) is 14.9 Å². The third kappa shape index (κ3) is 4.19. The number of piperidine rings is 1. The third-order valence-corrected chi connectivity index (χ3v) is 5.47. The summed E-state index contributed by atoms with van der Waals surface area (Å²) in [5, 5.41) is 0.107. The fourth-order valence-corrected chi connectivity index (χ4v) is 3.76. The summed E-state index contributed by atoms with van der Waals surface area (Å²) in [6.07, 6.45) is 1.44. The molecule has 0 saturated carbocycles. The van der Waals surface area contributed by atoms with Crippen molar-refractivity contribution < 1.29 is 9.53 Å². The topological polar surface area (TPSA) is 85.5 Å². The van der Waals surface area contributed by atoms with E-state index in [0.29, 0.717) is 30.2 Å². The molecular formula is C19H29ClN6O3. The molecular weight excluding hydrogens is 396 g/mol. The van der Waals surface area contributed by atoms with Crippen LogP contribution in [0.1, 0.15) is 40.5 Å². The highest BCUT2D eigenvalue weighted by Crippen LogP contribution is 2.25. The van der Waals surface area contributed by atoms with Gasteiger partial charge in [-0.25, -0.2) is 4.79 Å². The van der Waals surface area contributed by atoms with Crippen LogP contribution in [-0.4, -0.2) is 61.9 Å². The molecule has 1 fully saturated rings. The molecule has 0 N–H and O–H groups in total. The Bertz CT molecular complexity index is 977. The van der Waals surface area contributed by atoms with E-state index in [4.69, 9.17) is 16.3 Å². The van der Waals surface area contributed by atoms with Gasteiger partial charge < -0.3 is 19.1 Å². The lowest BCUT2D eigenvalue weighted by Gasteiger charge is -2.38. The summed E-state index contributed by atoms with van der Waals surface area (Å²) >= 11 is 6.07. The number of nitrogens with zero attached hydrogens (tertiary/aromatic N) is 6. The number of aromatic nitrogens is 4. The van der Waals surface area contributed by atoms with E-state index in [1.54, 1.807) is 19.0 Å². The third-order valence-electron chi connectivity index (χ3n) is 5.14. The molecule has 9 nitrogen and oxygen atoms in total. The number of hydrogen-bond donors (Lipinski definition) is 0. The van der Waals surface area contributed by atoms with Gasteiger partial charge in [0.15, 0.2) is 11.2 Å². The van der Waals surface area contributed by atoms with Crippen LogP contribution in [0, 0.1) is 0 Å². The maximum Gasteiger partial charge on any atom is 0.410 e. The molecule has 3 heterocycles. The number of aryl methyl sites for hydroxylation is 1. The van der Waals surface area contributed by atoms with Gasteiger partial charge in [-0.2, -0.15) is 9.97 Å². The van der Waals surface area contributed by atoms with Crippen LogP contribution >= 0.6 is 11.6 Å². The summed E-state index contributed by atoms with van der Waals surface area (Å²) in [4.78, 5) is 37.8. The fraction of sp³-hybridized carbons (Fsp3) is 0.684. The first kappa shape index (κ1) is 21.4. The number of carbonyl (C=O) groups is 1. The molecule has 1 amide bonds. The summed E-state index contributed by atoms with van der Waals surface area (Å²) in [6.45, 7) is 9.50. The Balaban J connectivity index is 1.91. The molecule has 3 rings (SSSR count). The standard InChI is InChI=1S/C19H29ClN6O3/c1-7-26-13-14(21-16(20)24(6)15(13)27)22-17(26)25-10-8-9-12(11-25)23(5)18(28)29-19(2,3)4/h12H,7-11H2,1-6H3. The first-order valence-corrected chi connectivity index (χ1v) is 10.2. The zero-order valence-corrected chi connectivity index (χ0v) is 18.7. The second kappa shape index (κ2) is 7.85. The number of carbonyl (C=O) groups excluding carboxylic acids is 1. The zero-order chi connectivity index (χ0) is 21.5. The highest BCUT2D eigenvalue weighted by molar-refractivity contribution is 6.28. The van der Waals surface area contributed by atoms with Gasteiger partial charge in [-0.3, -0.25) is 9.36 Å². The molecule has 2 aromatic heterocycles. The summed E-state index contributed by atoms with van der Waals surface area (Å²) in [6, 6.07) is -0.0110. The Morgan fingerprint density at radius 2 is 2.03 bits per heavy atom. The summed E-state index contributed by atoms with van der Waals surface area (Å²) < 4.78 is 8.70. The highest BCUT2D eigenvalue weighted by atomic mass is 35.5. The maximum absolute atomic E-state index is 12.7. The minimum atomic E-state index is -0.541. The molecule has 1 unspecified atom stereocenters. The minimum Gasteiger partial charge on any atom is -0.444 e. The van der Waals surface area contributed by atoms with Gasteiger partial charge in [0.25, 0.3) is 5.56 Å². The maximum atomic E-state index is 12.7. The van der Waals surface area contributed by atoms with E-state index in [1.165, 1.54) is 4.57 Å². The monoisotopic (exact) mass is 424 g/mol. The Morgan fingerprint density at radius 3 is 2.66 bits per heavy atom. The minimum absolute atomic E-state index is 0.0110. The van der Waals surface area contributed by atoms with Crippen molar-refractivity contribution in [3.05, 3.63) is 15.6 Å². The van der Waals surface area contributed by atoms with E-state index in [9.17, 15) is 9.59 Å². The van der Waals surface area contributed by atoms with Crippen molar-refractivity contribution in [2.45, 2.75) is 58.7 Å². The van der Waals surface area contributed by atoms with Crippen LogP contribution in [0.25, 0.3) is 11.2 Å². The summed E-state index contributed by atoms with van der Waals surface area (Å²) in [7, 11) is 3.36. The SMILES string of the molecule is CCn1c(N2CCCC(N(C)C(=O)OC(C)(C)C)C2)nc2nc(Cl)n(C)c(=O)c21. The van der Waals surface area contributed by atoms with Crippen LogP contribution in [0.3, 0.4) is 0 Å². The Hall–Kier alpha value is -2.29. The second-order valence-corrected chi connectivity index (χ2v) is 8.74. The Morgan fingerprint density at radius 1 is 1.34 bits per heavy atom. The predicted octanol–water partition coefficient (Wildman–Crippen LogP) is 2.64. The van der Waals surface area contributed by atoms with Gasteiger partial charge in [-0.15, -0.1) is 0 Å². The van der Waals surface area contributed by atoms with Gasteiger partial charge >= 0.3 is 6.09 Å². The number of ether oxygens (including phenoxy) is 1. The number of amides is 1. The number of fused-ring (bicyclic) bond motifs is 1. The van der Waals surface area contributed by atoms with Gasteiger partial charge in [0, 0.05) is 33.7 Å². The smallest absolute Gasteiger partial charge is 0.410 e. The molecule has 1 aliphatic rings. The van der Waals surface area contributed by atoms with Gasteiger partial charge in [-0.05, 0) is 52.1 Å². The number of likely N-dealkylation sites (N-methyl/N-ethyl adjacent to an activating group) is 1. The van der Waals surface area contributed by atoms with Gasteiger partial charge in [0.05, 0.1) is 6.04 Å². The van der Waals surface area contributed by atoms with E-state index in [1.807, 2.05) is 32.3 Å². The summed E-state index contributed by atoms with van der Waals surface area (Å²) in [5.41, 5.74) is 0.0237.